The Bertz CT molecular complexity index is 773. The molecule has 274 valence electrons. The van der Waals surface area contributed by atoms with Gasteiger partial charge in [-0.25, -0.2) is 0 Å². The quantitative estimate of drug-likeness (QED) is 0.0305. The lowest BCUT2D eigenvalue weighted by atomic mass is 10.0. The van der Waals surface area contributed by atoms with E-state index in [0.29, 0.717) is 17.4 Å². The number of nitrogens with one attached hydrogen (secondary N) is 1. The SMILES string of the molecule is CCCCCCCCCCCCCC/C=C/[C@@H](O)[C@H](COP(=O)([O-])OCC[N+](C)(C)C)NC(=O)CCCCCCCCCCCC. The van der Waals surface area contributed by atoms with Crippen LogP contribution in [0.5, 0.6) is 0 Å². The van der Waals surface area contributed by atoms with Crippen LogP contribution in [0.2, 0.25) is 0 Å². The van der Waals surface area contributed by atoms with E-state index in [1.807, 2.05) is 27.2 Å². The molecule has 3 atom stereocenters. The zero-order valence-electron chi connectivity index (χ0n) is 30.8. The monoisotopic (exact) mass is 675 g/mol. The molecule has 8 nitrogen and oxygen atoms in total. The average molecular weight is 675 g/mol. The first-order chi connectivity index (χ1) is 22.0. The summed E-state index contributed by atoms with van der Waals surface area (Å²) in [5.74, 6) is -0.201. The van der Waals surface area contributed by atoms with E-state index in [0.717, 1.165) is 38.5 Å². The Morgan fingerprint density at radius 2 is 1.17 bits per heavy atom. The van der Waals surface area contributed by atoms with E-state index in [4.69, 9.17) is 9.05 Å². The van der Waals surface area contributed by atoms with E-state index >= 15 is 0 Å². The number of quaternary nitrogens is 1. The van der Waals surface area contributed by atoms with Gasteiger partial charge in [-0.2, -0.15) is 0 Å². The zero-order chi connectivity index (χ0) is 34.4. The minimum Gasteiger partial charge on any atom is -0.756 e. The number of rotatable bonds is 34. The van der Waals surface area contributed by atoms with E-state index in [-0.39, 0.29) is 19.1 Å². The van der Waals surface area contributed by atoms with Crippen LogP contribution in [0.1, 0.15) is 168 Å². The second-order valence-electron chi connectivity index (χ2n) is 14.3. The molecule has 0 aromatic rings. The van der Waals surface area contributed by atoms with Gasteiger partial charge in [0.1, 0.15) is 13.2 Å². The number of nitrogens with zero attached hydrogens (tertiary/aromatic N) is 1. The highest BCUT2D eigenvalue weighted by Gasteiger charge is 2.23. The first-order valence-corrected chi connectivity index (χ1v) is 20.5. The first kappa shape index (κ1) is 45.2. The zero-order valence-corrected chi connectivity index (χ0v) is 31.7. The number of phosphoric acid groups is 1. The van der Waals surface area contributed by atoms with Crippen molar-refractivity contribution >= 4 is 13.7 Å². The number of phosphoric ester groups is 1. The highest BCUT2D eigenvalue weighted by molar-refractivity contribution is 7.45. The number of hydrogen-bond acceptors (Lipinski definition) is 6. The van der Waals surface area contributed by atoms with Crippen LogP contribution in [0.3, 0.4) is 0 Å². The standard InChI is InChI=1S/C37H75N2O6P/c1-6-8-10-12-14-16-18-19-20-21-22-24-26-28-30-36(40)35(34-45-46(42,43)44-33-32-39(3,4)5)38-37(41)31-29-27-25-23-17-15-13-11-9-7-2/h28,30,35-36,40H,6-27,29,31-34H2,1-5H3,(H-,38,41,42,43)/b30-28+/t35-,36+/m0/s1. The predicted molar refractivity (Wildman–Crippen MR) is 192 cm³/mol. The summed E-state index contributed by atoms with van der Waals surface area (Å²) in [6.07, 6.45) is 31.0. The molecule has 0 rings (SSSR count). The minimum atomic E-state index is -4.57. The molecule has 1 amide bonds. The van der Waals surface area contributed by atoms with Crippen LogP contribution in [-0.4, -0.2) is 68.5 Å². The second kappa shape index (κ2) is 30.3. The van der Waals surface area contributed by atoms with E-state index in [1.165, 1.54) is 109 Å². The maximum Gasteiger partial charge on any atom is 0.268 e. The number of aliphatic hydroxyl groups excluding tert-OH is 1. The molecule has 0 spiro atoms. The van der Waals surface area contributed by atoms with E-state index in [1.54, 1.807) is 6.08 Å². The summed E-state index contributed by atoms with van der Waals surface area (Å²) in [5.41, 5.74) is 0. The largest absolute Gasteiger partial charge is 0.756 e. The summed E-state index contributed by atoms with van der Waals surface area (Å²) >= 11 is 0. The summed E-state index contributed by atoms with van der Waals surface area (Å²) in [7, 11) is 1.26. The molecule has 1 unspecified atom stereocenters. The summed E-state index contributed by atoms with van der Waals surface area (Å²) in [6.45, 7) is 4.61. The van der Waals surface area contributed by atoms with Gasteiger partial charge in [0.2, 0.25) is 5.91 Å². The van der Waals surface area contributed by atoms with Crippen molar-refractivity contribution in [2.45, 2.75) is 180 Å². The summed E-state index contributed by atoms with van der Waals surface area (Å²) in [4.78, 5) is 25.1. The first-order valence-electron chi connectivity index (χ1n) is 19.1. The Kier molecular flexibility index (Phi) is 29.8. The summed E-state index contributed by atoms with van der Waals surface area (Å²) in [6, 6.07) is -0.877. The molecule has 0 radical (unpaired) electrons. The van der Waals surface area contributed by atoms with Crippen molar-refractivity contribution in [2.24, 2.45) is 0 Å². The smallest absolute Gasteiger partial charge is 0.268 e. The summed E-state index contributed by atoms with van der Waals surface area (Å²) in [5, 5.41) is 13.7. The molecule has 0 aliphatic heterocycles. The fraction of sp³-hybridized carbons (Fsp3) is 0.919. The third-order valence-electron chi connectivity index (χ3n) is 8.50. The van der Waals surface area contributed by atoms with Gasteiger partial charge in [-0.1, -0.05) is 154 Å². The molecule has 46 heavy (non-hydrogen) atoms. The third kappa shape index (κ3) is 31.8. The van der Waals surface area contributed by atoms with Crippen molar-refractivity contribution in [1.29, 1.82) is 0 Å². The van der Waals surface area contributed by atoms with Crippen LogP contribution in [0.25, 0.3) is 0 Å². The lowest BCUT2D eigenvalue weighted by molar-refractivity contribution is -0.870. The highest BCUT2D eigenvalue weighted by Crippen LogP contribution is 2.38. The molecule has 0 bridgehead atoms. The van der Waals surface area contributed by atoms with Crippen LogP contribution in [0.15, 0.2) is 12.2 Å². The van der Waals surface area contributed by atoms with Gasteiger partial charge in [0.25, 0.3) is 7.82 Å². The predicted octanol–water partition coefficient (Wildman–Crippen LogP) is 9.00. The molecule has 0 aliphatic carbocycles. The fourth-order valence-electron chi connectivity index (χ4n) is 5.39. The molecule has 0 heterocycles. The van der Waals surface area contributed by atoms with Gasteiger partial charge in [0.05, 0.1) is 39.9 Å². The van der Waals surface area contributed by atoms with Crippen LogP contribution in [0, 0.1) is 0 Å². The Morgan fingerprint density at radius 1 is 0.739 bits per heavy atom. The van der Waals surface area contributed by atoms with Gasteiger partial charge in [0, 0.05) is 6.42 Å². The Balaban J connectivity index is 4.53. The fourth-order valence-corrected chi connectivity index (χ4v) is 6.11. The molecule has 0 fully saturated rings. The molecular formula is C37H75N2O6P. The Morgan fingerprint density at radius 3 is 1.63 bits per heavy atom. The van der Waals surface area contributed by atoms with Gasteiger partial charge >= 0.3 is 0 Å². The number of carbonyl (C=O) groups excluding carboxylic acids is 1. The lowest BCUT2D eigenvalue weighted by Crippen LogP contribution is -2.45. The molecule has 0 aromatic carbocycles. The van der Waals surface area contributed by atoms with Gasteiger partial charge in [0.15, 0.2) is 0 Å². The lowest BCUT2D eigenvalue weighted by Gasteiger charge is -2.29. The van der Waals surface area contributed by atoms with E-state index in [9.17, 15) is 19.4 Å². The normalized spacial score (nSPS) is 14.8. The Labute approximate surface area is 284 Å². The number of hydrogen-bond donors (Lipinski definition) is 2. The molecule has 0 saturated heterocycles. The second-order valence-corrected chi connectivity index (χ2v) is 15.7. The number of amides is 1. The number of aliphatic hydroxyl groups is 1. The van der Waals surface area contributed by atoms with Crippen molar-refractivity contribution in [3.05, 3.63) is 12.2 Å². The molecule has 0 aromatic heterocycles. The van der Waals surface area contributed by atoms with Gasteiger partial charge in [-0.15, -0.1) is 0 Å². The maximum absolute atomic E-state index is 12.7. The molecule has 9 heteroatoms. The number of allylic oxidation sites excluding steroid dienone is 1. The van der Waals surface area contributed by atoms with Gasteiger partial charge in [-0.3, -0.25) is 9.36 Å². The molecule has 0 saturated carbocycles. The summed E-state index contributed by atoms with van der Waals surface area (Å²) < 4.78 is 23.1. The van der Waals surface area contributed by atoms with Crippen molar-refractivity contribution in [2.75, 3.05) is 40.9 Å². The van der Waals surface area contributed by atoms with Gasteiger partial charge < -0.3 is 28.8 Å². The van der Waals surface area contributed by atoms with E-state index < -0.39 is 20.0 Å². The maximum atomic E-state index is 12.7. The van der Waals surface area contributed by atoms with Crippen LogP contribution >= 0.6 is 7.82 Å². The van der Waals surface area contributed by atoms with Gasteiger partial charge in [-0.05, 0) is 19.3 Å². The van der Waals surface area contributed by atoms with E-state index in [2.05, 4.69) is 19.2 Å². The van der Waals surface area contributed by atoms with Crippen LogP contribution in [-0.2, 0) is 18.4 Å². The van der Waals surface area contributed by atoms with Crippen LogP contribution in [0.4, 0.5) is 0 Å². The van der Waals surface area contributed by atoms with Crippen molar-refractivity contribution in [1.82, 2.24) is 5.32 Å². The molecule has 2 N–H and O–H groups in total. The minimum absolute atomic E-state index is 0.00153. The Hall–Kier alpha value is -0.760. The number of likely N-dealkylation sites (N-methyl/N-ethyl adjacent to an activating group) is 1. The van der Waals surface area contributed by atoms with Crippen LogP contribution < -0.4 is 10.2 Å². The third-order valence-corrected chi connectivity index (χ3v) is 9.46. The van der Waals surface area contributed by atoms with Crippen molar-refractivity contribution in [3.63, 3.8) is 0 Å². The van der Waals surface area contributed by atoms with Crippen molar-refractivity contribution in [3.8, 4) is 0 Å². The average Bonchev–Trinajstić information content (AvgIpc) is 2.99. The topological polar surface area (TPSA) is 108 Å². The van der Waals surface area contributed by atoms with Crippen molar-refractivity contribution < 1.29 is 32.9 Å². The molecule has 0 aliphatic rings. The highest BCUT2D eigenvalue weighted by atomic mass is 31.2. The number of unbranched alkanes of at least 4 members (excludes halogenated alkanes) is 21. The molecular weight excluding hydrogens is 599 g/mol. The number of carbonyl (C=O) groups is 1.